The lowest BCUT2D eigenvalue weighted by Gasteiger charge is -2.33. The summed E-state index contributed by atoms with van der Waals surface area (Å²) >= 11 is 0. The van der Waals surface area contributed by atoms with E-state index in [-0.39, 0.29) is 29.2 Å². The fourth-order valence-electron chi connectivity index (χ4n) is 4.52. The van der Waals surface area contributed by atoms with Crippen LogP contribution in [0, 0.1) is 18.7 Å². The molecule has 0 spiro atoms. The lowest BCUT2D eigenvalue weighted by molar-refractivity contribution is -0.140. The average Bonchev–Trinajstić information content (AvgIpc) is 2.95. The Kier molecular flexibility index (Phi) is 11.3. The Balaban J connectivity index is 2.06. The largest absolute Gasteiger partial charge is 0.354 e. The van der Waals surface area contributed by atoms with Crippen LogP contribution in [0.15, 0.2) is 77.7 Å². The molecule has 1 N–H and O–H groups in total. The number of benzene rings is 3. The average molecular weight is 596 g/mol. The smallest absolute Gasteiger partial charge is 0.264 e. The Bertz CT molecular complexity index is 1440. The van der Waals surface area contributed by atoms with Crippen LogP contribution in [0.4, 0.5) is 10.1 Å². The number of nitrogens with one attached hydrogen (secondary N) is 1. The van der Waals surface area contributed by atoms with Crippen molar-refractivity contribution in [2.75, 3.05) is 17.4 Å². The zero-order valence-corrected chi connectivity index (χ0v) is 26.1. The number of hydrogen-bond donors (Lipinski definition) is 1. The van der Waals surface area contributed by atoms with Crippen molar-refractivity contribution in [3.05, 3.63) is 95.3 Å². The highest BCUT2D eigenvalue weighted by atomic mass is 32.2. The first-order valence-electron chi connectivity index (χ1n) is 14.3. The number of carbonyl (C=O) groups is 2. The van der Waals surface area contributed by atoms with Crippen molar-refractivity contribution in [1.29, 1.82) is 0 Å². The molecule has 0 aromatic heterocycles. The van der Waals surface area contributed by atoms with E-state index in [0.29, 0.717) is 24.2 Å². The van der Waals surface area contributed by atoms with E-state index in [1.165, 1.54) is 29.2 Å². The summed E-state index contributed by atoms with van der Waals surface area (Å²) in [6, 6.07) is 18.4. The minimum absolute atomic E-state index is 0.0113. The monoisotopic (exact) mass is 595 g/mol. The molecule has 0 unspecified atom stereocenters. The quantitative estimate of drug-likeness (QED) is 0.261. The van der Waals surface area contributed by atoms with Gasteiger partial charge < -0.3 is 10.2 Å². The number of aryl methyl sites for hydroxylation is 1. The van der Waals surface area contributed by atoms with E-state index in [1.807, 2.05) is 46.8 Å². The fraction of sp³-hybridized carbons (Fsp3) is 0.394. The van der Waals surface area contributed by atoms with Crippen molar-refractivity contribution in [3.8, 4) is 0 Å². The molecule has 2 amide bonds. The summed E-state index contributed by atoms with van der Waals surface area (Å²) < 4.78 is 42.8. The van der Waals surface area contributed by atoms with Crippen LogP contribution in [0.1, 0.15) is 63.6 Å². The standard InChI is InChI=1S/C33H42FN3O4S/c1-7-31(33(39)35-20-23(2)3)36(21-26-10-14-28(34)15-11-26)32(38)22-37(29-16-12-27(13-17-29)24(4)5)42(40,41)30-18-8-25(6)9-19-30/h8-19,23-24,31H,7,20-22H2,1-6H3,(H,35,39)/t31-/m0/s1. The van der Waals surface area contributed by atoms with Crippen LogP contribution in [-0.4, -0.2) is 44.3 Å². The van der Waals surface area contributed by atoms with Gasteiger partial charge in [0.2, 0.25) is 11.8 Å². The molecule has 0 radical (unpaired) electrons. The van der Waals surface area contributed by atoms with Crippen LogP contribution in [0.5, 0.6) is 0 Å². The van der Waals surface area contributed by atoms with Gasteiger partial charge in [-0.05, 0) is 72.7 Å². The van der Waals surface area contributed by atoms with Crippen molar-refractivity contribution < 1.29 is 22.4 Å². The Morgan fingerprint density at radius 1 is 0.881 bits per heavy atom. The number of anilines is 1. The molecule has 7 nitrogen and oxygen atoms in total. The van der Waals surface area contributed by atoms with E-state index in [2.05, 4.69) is 5.32 Å². The van der Waals surface area contributed by atoms with E-state index < -0.39 is 34.3 Å². The van der Waals surface area contributed by atoms with Crippen molar-refractivity contribution in [2.45, 2.75) is 71.4 Å². The number of sulfonamides is 1. The second-order valence-electron chi connectivity index (χ2n) is 11.3. The fourth-order valence-corrected chi connectivity index (χ4v) is 5.93. The van der Waals surface area contributed by atoms with Crippen LogP contribution in [0.3, 0.4) is 0 Å². The highest BCUT2D eigenvalue weighted by Gasteiger charge is 2.33. The molecule has 0 bridgehead atoms. The molecule has 0 saturated carbocycles. The molecule has 0 aliphatic rings. The second kappa shape index (κ2) is 14.4. The predicted molar refractivity (Wildman–Crippen MR) is 165 cm³/mol. The summed E-state index contributed by atoms with van der Waals surface area (Å²) in [6.07, 6.45) is 0.310. The Morgan fingerprint density at radius 2 is 1.48 bits per heavy atom. The SMILES string of the molecule is CC[C@@H](C(=O)NCC(C)C)N(Cc1ccc(F)cc1)C(=O)CN(c1ccc(C(C)C)cc1)S(=O)(=O)c1ccc(C)cc1. The van der Waals surface area contributed by atoms with E-state index in [9.17, 15) is 22.4 Å². The third-order valence-electron chi connectivity index (χ3n) is 7.07. The molecule has 3 aromatic carbocycles. The molecule has 226 valence electrons. The number of hydrogen-bond acceptors (Lipinski definition) is 4. The molecule has 0 fully saturated rings. The first kappa shape index (κ1) is 32.8. The third kappa shape index (κ3) is 8.41. The number of amides is 2. The van der Waals surface area contributed by atoms with Crippen LogP contribution in [0.25, 0.3) is 0 Å². The molecule has 0 heterocycles. The van der Waals surface area contributed by atoms with E-state index in [1.54, 1.807) is 43.3 Å². The topological polar surface area (TPSA) is 86.8 Å². The summed E-state index contributed by atoms with van der Waals surface area (Å²) in [6.45, 7) is 11.6. The number of halogens is 1. The Labute approximate surface area is 249 Å². The van der Waals surface area contributed by atoms with Crippen LogP contribution < -0.4 is 9.62 Å². The minimum atomic E-state index is -4.15. The molecule has 3 aromatic rings. The van der Waals surface area contributed by atoms with Gasteiger partial charge in [0, 0.05) is 13.1 Å². The number of rotatable bonds is 13. The molecule has 1 atom stereocenters. The first-order valence-corrected chi connectivity index (χ1v) is 15.8. The maximum atomic E-state index is 14.1. The number of nitrogens with zero attached hydrogens (tertiary/aromatic N) is 2. The van der Waals surface area contributed by atoms with Crippen LogP contribution >= 0.6 is 0 Å². The van der Waals surface area contributed by atoms with Gasteiger partial charge in [-0.15, -0.1) is 0 Å². The predicted octanol–water partition coefficient (Wildman–Crippen LogP) is 6.03. The van der Waals surface area contributed by atoms with Gasteiger partial charge in [-0.25, -0.2) is 12.8 Å². The summed E-state index contributed by atoms with van der Waals surface area (Å²) in [5.74, 6) is -0.843. The molecular weight excluding hydrogens is 553 g/mol. The molecule has 0 aliphatic carbocycles. The van der Waals surface area contributed by atoms with Crippen molar-refractivity contribution in [1.82, 2.24) is 10.2 Å². The molecular formula is C33H42FN3O4S. The normalized spacial score (nSPS) is 12.3. The van der Waals surface area contributed by atoms with Crippen molar-refractivity contribution >= 4 is 27.5 Å². The van der Waals surface area contributed by atoms with Gasteiger partial charge in [0.05, 0.1) is 10.6 Å². The summed E-state index contributed by atoms with van der Waals surface area (Å²) in [4.78, 5) is 28.8. The maximum absolute atomic E-state index is 14.1. The molecule has 3 rings (SSSR count). The van der Waals surface area contributed by atoms with Crippen molar-refractivity contribution in [3.63, 3.8) is 0 Å². The summed E-state index contributed by atoms with van der Waals surface area (Å²) in [5.41, 5.74) is 2.89. The Morgan fingerprint density at radius 3 is 2.00 bits per heavy atom. The lowest BCUT2D eigenvalue weighted by atomic mass is 10.0. The van der Waals surface area contributed by atoms with Gasteiger partial charge in [-0.1, -0.05) is 76.6 Å². The summed E-state index contributed by atoms with van der Waals surface area (Å²) in [7, 11) is -4.15. The number of carbonyl (C=O) groups excluding carboxylic acids is 2. The van der Waals surface area contributed by atoms with E-state index in [0.717, 1.165) is 15.4 Å². The van der Waals surface area contributed by atoms with E-state index >= 15 is 0 Å². The van der Waals surface area contributed by atoms with Crippen LogP contribution in [0.2, 0.25) is 0 Å². The van der Waals surface area contributed by atoms with Gasteiger partial charge in [0.1, 0.15) is 18.4 Å². The van der Waals surface area contributed by atoms with Gasteiger partial charge >= 0.3 is 0 Å². The highest BCUT2D eigenvalue weighted by molar-refractivity contribution is 7.92. The van der Waals surface area contributed by atoms with Crippen molar-refractivity contribution in [2.24, 2.45) is 5.92 Å². The molecule has 42 heavy (non-hydrogen) atoms. The van der Waals surface area contributed by atoms with Gasteiger partial charge in [-0.3, -0.25) is 13.9 Å². The van der Waals surface area contributed by atoms with Crippen LogP contribution in [-0.2, 0) is 26.2 Å². The van der Waals surface area contributed by atoms with Gasteiger partial charge in [0.25, 0.3) is 10.0 Å². The van der Waals surface area contributed by atoms with Gasteiger partial charge in [0.15, 0.2) is 0 Å². The van der Waals surface area contributed by atoms with Gasteiger partial charge in [-0.2, -0.15) is 0 Å². The highest BCUT2D eigenvalue weighted by Crippen LogP contribution is 2.27. The maximum Gasteiger partial charge on any atom is 0.264 e. The summed E-state index contributed by atoms with van der Waals surface area (Å²) in [5, 5.41) is 2.90. The molecule has 0 aliphatic heterocycles. The zero-order valence-electron chi connectivity index (χ0n) is 25.3. The zero-order chi connectivity index (χ0) is 31.0. The third-order valence-corrected chi connectivity index (χ3v) is 8.86. The minimum Gasteiger partial charge on any atom is -0.354 e. The second-order valence-corrected chi connectivity index (χ2v) is 13.1. The Hall–Kier alpha value is -3.72. The first-order chi connectivity index (χ1) is 19.8. The molecule has 0 saturated heterocycles. The molecule has 9 heteroatoms. The lowest BCUT2D eigenvalue weighted by Crippen LogP contribution is -2.52. The van der Waals surface area contributed by atoms with E-state index in [4.69, 9.17) is 0 Å².